The van der Waals surface area contributed by atoms with Gasteiger partial charge in [0.15, 0.2) is 5.82 Å². The zero-order valence-corrected chi connectivity index (χ0v) is 22.6. The fourth-order valence-electron chi connectivity index (χ4n) is 4.35. The minimum absolute atomic E-state index is 0.166. The number of hydrogen-bond donors (Lipinski definition) is 1. The van der Waals surface area contributed by atoms with Crippen molar-refractivity contribution in [2.24, 2.45) is 0 Å². The molecule has 0 bridgehead atoms. The molecule has 0 saturated carbocycles. The highest BCUT2D eigenvalue weighted by molar-refractivity contribution is 6.30. The van der Waals surface area contributed by atoms with Gasteiger partial charge in [0.1, 0.15) is 19.0 Å². The Morgan fingerprint density at radius 1 is 0.974 bits per heavy atom. The summed E-state index contributed by atoms with van der Waals surface area (Å²) in [4.78, 5) is 14.7. The van der Waals surface area contributed by atoms with Gasteiger partial charge in [0, 0.05) is 41.1 Å². The quantitative estimate of drug-likeness (QED) is 0.275. The number of aromatic nitrogens is 2. The second-order valence-corrected chi connectivity index (χ2v) is 9.76. The Balaban J connectivity index is 1.16. The smallest absolute Gasteiger partial charge is 0.413 e. The summed E-state index contributed by atoms with van der Waals surface area (Å²) in [5, 5.41) is 7.88. The third kappa shape index (κ3) is 7.31. The predicted octanol–water partition coefficient (Wildman–Crippen LogP) is 6.06. The Labute approximate surface area is 233 Å². The fourth-order valence-corrected chi connectivity index (χ4v) is 4.55. The van der Waals surface area contributed by atoms with E-state index < -0.39 is 6.09 Å². The average molecular weight is 547 g/mol. The molecule has 5 rings (SSSR count). The molecule has 2 heterocycles. The monoisotopic (exact) mass is 546 g/mol. The van der Waals surface area contributed by atoms with Gasteiger partial charge in [0.05, 0.1) is 19.8 Å². The van der Waals surface area contributed by atoms with Crippen molar-refractivity contribution < 1.29 is 19.0 Å². The van der Waals surface area contributed by atoms with Crippen molar-refractivity contribution >= 4 is 29.2 Å². The van der Waals surface area contributed by atoms with Crippen molar-refractivity contribution in [2.45, 2.75) is 26.7 Å². The number of aryl methyl sites for hydroxylation is 1. The summed E-state index contributed by atoms with van der Waals surface area (Å²) in [5.41, 5.74) is 4.89. The van der Waals surface area contributed by atoms with E-state index in [2.05, 4.69) is 15.3 Å². The first-order chi connectivity index (χ1) is 19.0. The van der Waals surface area contributed by atoms with Crippen LogP contribution >= 0.6 is 11.6 Å². The van der Waals surface area contributed by atoms with E-state index in [1.807, 2.05) is 73.7 Å². The molecule has 1 aliphatic rings. The molecule has 1 aromatic heterocycles. The van der Waals surface area contributed by atoms with Gasteiger partial charge >= 0.3 is 6.09 Å². The van der Waals surface area contributed by atoms with Crippen molar-refractivity contribution in [1.82, 2.24) is 9.78 Å². The highest BCUT2D eigenvalue weighted by atomic mass is 35.5. The predicted molar refractivity (Wildman–Crippen MR) is 152 cm³/mol. The summed E-state index contributed by atoms with van der Waals surface area (Å²) >= 11 is 6.28. The van der Waals surface area contributed by atoms with Crippen LogP contribution < -0.4 is 15.0 Å². The molecule has 1 amide bonds. The molecule has 1 aliphatic heterocycles. The normalized spacial score (nSPS) is 13.2. The average Bonchev–Trinajstić information content (AvgIpc) is 3.30. The second-order valence-electron chi connectivity index (χ2n) is 9.32. The molecule has 0 spiro atoms. The largest absolute Gasteiger partial charge is 0.489 e. The van der Waals surface area contributed by atoms with E-state index >= 15 is 0 Å². The first kappa shape index (κ1) is 26.6. The number of carbonyl (C=O) groups excluding carboxylic acids is 1. The first-order valence-corrected chi connectivity index (χ1v) is 13.3. The summed E-state index contributed by atoms with van der Waals surface area (Å²) in [5.74, 6) is 1.14. The molecule has 1 N–H and O–H groups in total. The van der Waals surface area contributed by atoms with Crippen molar-refractivity contribution in [3.05, 3.63) is 106 Å². The summed E-state index contributed by atoms with van der Waals surface area (Å²) in [6.45, 7) is 6.21. The number of benzene rings is 3. The Morgan fingerprint density at radius 3 is 2.49 bits per heavy atom. The van der Waals surface area contributed by atoms with E-state index in [1.165, 1.54) is 0 Å². The standard InChI is InChI=1S/C30H31ClN4O4/c1-22-17-29(32-30(36)39-21-24-7-10-27(11-8-24)34-13-15-37-16-14-34)33-35(22)19-25-18-26(31)9-12-28(25)38-20-23-5-3-2-4-6-23/h2-12,17-18H,13-16,19-21H2,1H3,(H,32,33,36). The van der Waals surface area contributed by atoms with Crippen molar-refractivity contribution in [3.63, 3.8) is 0 Å². The molecule has 0 atom stereocenters. The van der Waals surface area contributed by atoms with E-state index in [-0.39, 0.29) is 6.61 Å². The number of nitrogens with one attached hydrogen (secondary N) is 1. The molecule has 9 heteroatoms. The van der Waals surface area contributed by atoms with Crippen LogP contribution in [-0.4, -0.2) is 42.2 Å². The maximum absolute atomic E-state index is 12.5. The first-order valence-electron chi connectivity index (χ1n) is 12.9. The Bertz CT molecular complexity index is 1390. The van der Waals surface area contributed by atoms with Gasteiger partial charge in [-0.3, -0.25) is 10.00 Å². The van der Waals surface area contributed by atoms with Gasteiger partial charge in [0.2, 0.25) is 0 Å². The highest BCUT2D eigenvalue weighted by Gasteiger charge is 2.14. The molecule has 3 aromatic carbocycles. The Morgan fingerprint density at radius 2 is 1.72 bits per heavy atom. The summed E-state index contributed by atoms with van der Waals surface area (Å²) < 4.78 is 18.7. The van der Waals surface area contributed by atoms with E-state index in [0.717, 1.165) is 60.1 Å². The molecule has 1 saturated heterocycles. The van der Waals surface area contributed by atoms with Crippen LogP contribution in [0.3, 0.4) is 0 Å². The molecule has 8 nitrogen and oxygen atoms in total. The maximum atomic E-state index is 12.5. The highest BCUT2D eigenvalue weighted by Crippen LogP contribution is 2.26. The van der Waals surface area contributed by atoms with Gasteiger partial charge in [-0.1, -0.05) is 54.1 Å². The van der Waals surface area contributed by atoms with Crippen LogP contribution in [0.1, 0.15) is 22.4 Å². The molecule has 4 aromatic rings. The van der Waals surface area contributed by atoms with Crippen molar-refractivity contribution in [2.75, 3.05) is 36.5 Å². The van der Waals surface area contributed by atoms with Crippen LogP contribution in [0.2, 0.25) is 5.02 Å². The molecule has 0 unspecified atom stereocenters. The minimum atomic E-state index is -0.563. The Kier molecular flexibility index (Phi) is 8.65. The van der Waals surface area contributed by atoms with Crippen LogP contribution in [0.5, 0.6) is 5.75 Å². The number of amides is 1. The molecule has 202 valence electrons. The van der Waals surface area contributed by atoms with Crippen LogP contribution in [0.4, 0.5) is 16.3 Å². The van der Waals surface area contributed by atoms with Crippen molar-refractivity contribution in [1.29, 1.82) is 0 Å². The number of morpholine rings is 1. The van der Waals surface area contributed by atoms with E-state index in [4.69, 9.17) is 25.8 Å². The van der Waals surface area contributed by atoms with Gasteiger partial charge in [-0.05, 0) is 48.4 Å². The maximum Gasteiger partial charge on any atom is 0.413 e. The zero-order chi connectivity index (χ0) is 27.0. The molecular formula is C30H31ClN4O4. The number of hydrogen-bond acceptors (Lipinski definition) is 6. The molecule has 1 fully saturated rings. The lowest BCUT2D eigenvalue weighted by molar-refractivity contribution is 0.122. The van der Waals surface area contributed by atoms with E-state index in [0.29, 0.717) is 24.0 Å². The molecule has 0 aliphatic carbocycles. The number of carbonyl (C=O) groups is 1. The van der Waals surface area contributed by atoms with Gasteiger partial charge in [-0.2, -0.15) is 5.10 Å². The van der Waals surface area contributed by atoms with Crippen molar-refractivity contribution in [3.8, 4) is 5.75 Å². The third-order valence-electron chi connectivity index (χ3n) is 6.47. The van der Waals surface area contributed by atoms with Crippen LogP contribution in [-0.2, 0) is 29.2 Å². The number of anilines is 2. The van der Waals surface area contributed by atoms with Gasteiger partial charge in [-0.15, -0.1) is 0 Å². The van der Waals surface area contributed by atoms with Gasteiger partial charge < -0.3 is 19.1 Å². The van der Waals surface area contributed by atoms with Crippen LogP contribution in [0.25, 0.3) is 0 Å². The van der Waals surface area contributed by atoms with E-state index in [1.54, 1.807) is 16.8 Å². The number of rotatable bonds is 9. The summed E-state index contributed by atoms with van der Waals surface area (Å²) in [6, 6.07) is 25.3. The lowest BCUT2D eigenvalue weighted by Crippen LogP contribution is -2.36. The fraction of sp³-hybridized carbons (Fsp3) is 0.267. The number of ether oxygens (including phenoxy) is 3. The summed E-state index contributed by atoms with van der Waals surface area (Å²) in [6.07, 6.45) is -0.563. The van der Waals surface area contributed by atoms with Gasteiger partial charge in [-0.25, -0.2) is 4.79 Å². The molecule has 0 radical (unpaired) electrons. The topological polar surface area (TPSA) is 77.9 Å². The number of nitrogens with zero attached hydrogens (tertiary/aromatic N) is 3. The lowest BCUT2D eigenvalue weighted by atomic mass is 10.2. The van der Waals surface area contributed by atoms with E-state index in [9.17, 15) is 4.79 Å². The number of halogens is 1. The summed E-state index contributed by atoms with van der Waals surface area (Å²) in [7, 11) is 0. The second kappa shape index (κ2) is 12.7. The molecular weight excluding hydrogens is 516 g/mol. The Hall–Kier alpha value is -4.01. The molecule has 39 heavy (non-hydrogen) atoms. The van der Waals surface area contributed by atoms with Crippen LogP contribution in [0, 0.1) is 6.92 Å². The van der Waals surface area contributed by atoms with Crippen LogP contribution in [0.15, 0.2) is 78.9 Å². The minimum Gasteiger partial charge on any atom is -0.489 e. The lowest BCUT2D eigenvalue weighted by Gasteiger charge is -2.28. The SMILES string of the molecule is Cc1cc(NC(=O)OCc2ccc(N3CCOCC3)cc2)nn1Cc1cc(Cl)ccc1OCc1ccccc1. The zero-order valence-electron chi connectivity index (χ0n) is 21.8. The van der Waals surface area contributed by atoms with Gasteiger partial charge in [0.25, 0.3) is 0 Å². The third-order valence-corrected chi connectivity index (χ3v) is 6.71.